The van der Waals surface area contributed by atoms with Gasteiger partial charge in [0.1, 0.15) is 12.3 Å². The van der Waals surface area contributed by atoms with Crippen LogP contribution in [0.3, 0.4) is 0 Å². The molecular formula is C20H20N4O5. The van der Waals surface area contributed by atoms with E-state index in [2.05, 4.69) is 4.90 Å². The van der Waals surface area contributed by atoms with E-state index in [4.69, 9.17) is 4.74 Å². The van der Waals surface area contributed by atoms with Gasteiger partial charge in [-0.1, -0.05) is 12.1 Å². The number of anilines is 2. The molecule has 9 heteroatoms. The van der Waals surface area contributed by atoms with Gasteiger partial charge in [0.25, 0.3) is 11.6 Å². The van der Waals surface area contributed by atoms with E-state index in [1.165, 1.54) is 17.0 Å². The number of hydrogen-bond acceptors (Lipinski definition) is 6. The van der Waals surface area contributed by atoms with Crippen molar-refractivity contribution in [3.63, 3.8) is 0 Å². The van der Waals surface area contributed by atoms with Gasteiger partial charge < -0.3 is 14.5 Å². The van der Waals surface area contributed by atoms with Crippen LogP contribution in [0, 0.1) is 10.1 Å². The summed E-state index contributed by atoms with van der Waals surface area (Å²) in [5, 5.41) is 10.8. The van der Waals surface area contributed by atoms with Crippen LogP contribution >= 0.6 is 0 Å². The van der Waals surface area contributed by atoms with E-state index in [0.29, 0.717) is 37.6 Å². The Morgan fingerprint density at radius 2 is 1.72 bits per heavy atom. The highest BCUT2D eigenvalue weighted by Crippen LogP contribution is 2.31. The van der Waals surface area contributed by atoms with E-state index >= 15 is 0 Å². The fourth-order valence-corrected chi connectivity index (χ4v) is 3.56. The van der Waals surface area contributed by atoms with E-state index in [1.807, 2.05) is 6.07 Å². The molecule has 0 unspecified atom stereocenters. The molecule has 0 bridgehead atoms. The molecule has 0 atom stereocenters. The Balaban J connectivity index is 1.37. The van der Waals surface area contributed by atoms with Crippen LogP contribution in [0.2, 0.25) is 0 Å². The molecule has 2 aliphatic rings. The fourth-order valence-electron chi connectivity index (χ4n) is 3.56. The summed E-state index contributed by atoms with van der Waals surface area (Å²) in [6.45, 7) is 2.20. The van der Waals surface area contributed by atoms with Gasteiger partial charge in [-0.2, -0.15) is 0 Å². The number of para-hydroxylation sites is 2. The van der Waals surface area contributed by atoms with Crippen molar-refractivity contribution in [3.8, 4) is 5.75 Å². The molecule has 1 fully saturated rings. The van der Waals surface area contributed by atoms with E-state index < -0.39 is 4.92 Å². The Hall–Kier alpha value is -3.62. The first kappa shape index (κ1) is 18.7. The van der Waals surface area contributed by atoms with E-state index in [1.54, 1.807) is 35.2 Å². The highest BCUT2D eigenvalue weighted by molar-refractivity contribution is 6.02. The lowest BCUT2D eigenvalue weighted by atomic mass is 10.2. The van der Waals surface area contributed by atoms with Crippen molar-refractivity contribution >= 4 is 28.9 Å². The topological polar surface area (TPSA) is 96.2 Å². The largest absolute Gasteiger partial charge is 0.482 e. The summed E-state index contributed by atoms with van der Waals surface area (Å²) in [7, 11) is 0. The molecule has 2 amide bonds. The number of carbonyl (C=O) groups is 2. The number of nitrogens with zero attached hydrogens (tertiary/aromatic N) is 4. The van der Waals surface area contributed by atoms with Gasteiger partial charge in [0.2, 0.25) is 5.91 Å². The number of carbonyl (C=O) groups excluding carboxylic acids is 2. The zero-order chi connectivity index (χ0) is 20.4. The number of amides is 2. The zero-order valence-electron chi connectivity index (χ0n) is 15.7. The van der Waals surface area contributed by atoms with Crippen LogP contribution in [0.1, 0.15) is 0 Å². The molecule has 0 aliphatic carbocycles. The van der Waals surface area contributed by atoms with Crippen LogP contribution in [0.25, 0.3) is 0 Å². The number of hydrogen-bond donors (Lipinski definition) is 0. The highest BCUT2D eigenvalue weighted by Gasteiger charge is 2.30. The SMILES string of the molecule is O=C(CN1C(=O)COc2ccccc21)N1CCN(c2ccc([N+](=O)[O-])cc2)CC1. The molecular weight excluding hydrogens is 376 g/mol. The summed E-state index contributed by atoms with van der Waals surface area (Å²) in [6.07, 6.45) is 0. The number of benzene rings is 2. The number of non-ortho nitro benzene ring substituents is 1. The molecule has 2 aromatic carbocycles. The second-order valence-corrected chi connectivity index (χ2v) is 6.88. The lowest BCUT2D eigenvalue weighted by Gasteiger charge is -2.37. The first-order valence-electron chi connectivity index (χ1n) is 9.32. The van der Waals surface area contributed by atoms with Crippen LogP contribution < -0.4 is 14.5 Å². The average Bonchev–Trinajstić information content (AvgIpc) is 2.76. The van der Waals surface area contributed by atoms with Crippen LogP contribution in [0.4, 0.5) is 17.1 Å². The maximum absolute atomic E-state index is 12.8. The minimum Gasteiger partial charge on any atom is -0.482 e. The van der Waals surface area contributed by atoms with Gasteiger partial charge in [-0.3, -0.25) is 24.6 Å². The molecule has 0 radical (unpaired) electrons. The molecule has 150 valence electrons. The lowest BCUT2D eigenvalue weighted by Crippen LogP contribution is -2.53. The van der Waals surface area contributed by atoms with E-state index in [-0.39, 0.29) is 30.7 Å². The molecule has 2 aliphatic heterocycles. The zero-order valence-corrected chi connectivity index (χ0v) is 15.7. The monoisotopic (exact) mass is 396 g/mol. The highest BCUT2D eigenvalue weighted by atomic mass is 16.6. The molecule has 9 nitrogen and oxygen atoms in total. The first-order chi connectivity index (χ1) is 14.0. The van der Waals surface area contributed by atoms with Crippen LogP contribution in [0.5, 0.6) is 5.75 Å². The van der Waals surface area contributed by atoms with Gasteiger partial charge in [0.15, 0.2) is 6.61 Å². The smallest absolute Gasteiger partial charge is 0.269 e. The van der Waals surface area contributed by atoms with Gasteiger partial charge in [-0.25, -0.2) is 0 Å². The Bertz CT molecular complexity index is 938. The fraction of sp³-hybridized carbons (Fsp3) is 0.300. The van der Waals surface area contributed by atoms with Crippen LogP contribution in [0.15, 0.2) is 48.5 Å². The summed E-state index contributed by atoms with van der Waals surface area (Å²) >= 11 is 0. The predicted molar refractivity (Wildman–Crippen MR) is 106 cm³/mol. The summed E-state index contributed by atoms with van der Waals surface area (Å²) in [6, 6.07) is 13.6. The number of rotatable bonds is 4. The summed E-state index contributed by atoms with van der Waals surface area (Å²) in [5.74, 6) is 0.253. The lowest BCUT2D eigenvalue weighted by molar-refractivity contribution is -0.384. The molecule has 0 saturated carbocycles. The molecule has 0 spiro atoms. The second-order valence-electron chi connectivity index (χ2n) is 6.88. The third-order valence-electron chi connectivity index (χ3n) is 5.16. The Kier molecular flexibility index (Phi) is 5.03. The third-order valence-corrected chi connectivity index (χ3v) is 5.16. The van der Waals surface area contributed by atoms with Crippen molar-refractivity contribution in [3.05, 3.63) is 58.6 Å². The van der Waals surface area contributed by atoms with Gasteiger partial charge >= 0.3 is 0 Å². The number of nitro benzene ring substituents is 1. The summed E-state index contributed by atoms with van der Waals surface area (Å²) in [5.41, 5.74) is 1.56. The molecule has 4 rings (SSSR count). The van der Waals surface area contributed by atoms with E-state index in [0.717, 1.165) is 5.69 Å². The van der Waals surface area contributed by atoms with Gasteiger partial charge in [0, 0.05) is 44.0 Å². The predicted octanol–water partition coefficient (Wildman–Crippen LogP) is 1.67. The molecule has 1 saturated heterocycles. The Morgan fingerprint density at radius 3 is 2.41 bits per heavy atom. The molecule has 0 N–H and O–H groups in total. The van der Waals surface area contributed by atoms with Crippen LogP contribution in [-0.4, -0.2) is 61.0 Å². The van der Waals surface area contributed by atoms with Crippen molar-refractivity contribution in [1.29, 1.82) is 0 Å². The van der Waals surface area contributed by atoms with Crippen molar-refractivity contribution in [1.82, 2.24) is 4.90 Å². The van der Waals surface area contributed by atoms with Crippen molar-refractivity contribution in [2.75, 3.05) is 49.1 Å². The number of ether oxygens (including phenoxy) is 1. The normalized spacial score (nSPS) is 16.3. The first-order valence-corrected chi connectivity index (χ1v) is 9.32. The average molecular weight is 396 g/mol. The third kappa shape index (κ3) is 3.84. The number of fused-ring (bicyclic) bond motifs is 1. The Morgan fingerprint density at radius 1 is 1.03 bits per heavy atom. The quantitative estimate of drug-likeness (QED) is 0.576. The van der Waals surface area contributed by atoms with Crippen molar-refractivity contribution < 1.29 is 19.2 Å². The molecule has 2 heterocycles. The number of nitro groups is 1. The molecule has 2 aromatic rings. The summed E-state index contributed by atoms with van der Waals surface area (Å²) < 4.78 is 5.41. The van der Waals surface area contributed by atoms with Crippen LogP contribution in [-0.2, 0) is 9.59 Å². The summed E-state index contributed by atoms with van der Waals surface area (Å²) in [4.78, 5) is 40.7. The van der Waals surface area contributed by atoms with Gasteiger partial charge in [-0.05, 0) is 24.3 Å². The van der Waals surface area contributed by atoms with Gasteiger partial charge in [0.05, 0.1) is 10.6 Å². The van der Waals surface area contributed by atoms with Gasteiger partial charge in [-0.15, -0.1) is 0 Å². The maximum Gasteiger partial charge on any atom is 0.269 e. The second kappa shape index (κ2) is 7.78. The van der Waals surface area contributed by atoms with Crippen molar-refractivity contribution in [2.24, 2.45) is 0 Å². The standard InChI is InChI=1S/C20H20N4O5/c25-19(13-23-17-3-1-2-4-18(17)29-14-20(23)26)22-11-9-21(10-12-22)15-5-7-16(8-6-15)24(27)28/h1-8H,9-14H2. The molecule has 29 heavy (non-hydrogen) atoms. The van der Waals surface area contributed by atoms with E-state index in [9.17, 15) is 19.7 Å². The minimum absolute atomic E-state index is 0.0171. The minimum atomic E-state index is -0.425. The Labute approximate surface area is 167 Å². The molecule has 0 aromatic heterocycles. The number of piperazine rings is 1. The maximum atomic E-state index is 12.8. The van der Waals surface area contributed by atoms with Crippen molar-refractivity contribution in [2.45, 2.75) is 0 Å².